The van der Waals surface area contributed by atoms with Gasteiger partial charge in [-0.25, -0.2) is 14.2 Å². The number of aryl methyl sites for hydroxylation is 1. The molecule has 0 bridgehead atoms. The molecular weight excluding hydrogens is 447 g/mol. The Kier molecular flexibility index (Phi) is 6.50. The molecule has 2 aromatic heterocycles. The van der Waals surface area contributed by atoms with Crippen molar-refractivity contribution in [3.8, 4) is 0 Å². The van der Waals surface area contributed by atoms with E-state index in [0.29, 0.717) is 55.0 Å². The Labute approximate surface area is 194 Å². The standard InChI is InChI=1S/C22H23FN6O3S/c1-2-27-13-17(20(31)32)18(30)16-12-24-21(26-19(16)27)28-7-9-29(10-8-28)22(33)25-15-5-3-14(11-23)4-6-15/h3-6,12-13H,2,7-11H2,1H3,(H,25,33)(H,31,32). The van der Waals surface area contributed by atoms with Gasteiger partial charge < -0.3 is 24.8 Å². The first-order valence-corrected chi connectivity index (χ1v) is 10.9. The highest BCUT2D eigenvalue weighted by Crippen LogP contribution is 2.17. The maximum Gasteiger partial charge on any atom is 0.341 e. The molecule has 0 atom stereocenters. The van der Waals surface area contributed by atoms with E-state index in [1.54, 1.807) is 28.8 Å². The van der Waals surface area contributed by atoms with Crippen molar-refractivity contribution in [2.24, 2.45) is 0 Å². The number of hydrogen-bond acceptors (Lipinski definition) is 6. The van der Waals surface area contributed by atoms with E-state index >= 15 is 0 Å². The number of aromatic nitrogens is 3. The van der Waals surface area contributed by atoms with Gasteiger partial charge in [0.1, 0.15) is 17.9 Å². The number of hydrogen-bond donors (Lipinski definition) is 2. The van der Waals surface area contributed by atoms with Crippen LogP contribution in [0.5, 0.6) is 0 Å². The van der Waals surface area contributed by atoms with Crippen LogP contribution in [-0.2, 0) is 13.2 Å². The second kappa shape index (κ2) is 9.49. The van der Waals surface area contributed by atoms with E-state index in [1.165, 1.54) is 12.4 Å². The number of alkyl halides is 1. The number of piperazine rings is 1. The van der Waals surface area contributed by atoms with Gasteiger partial charge in [-0.3, -0.25) is 4.79 Å². The maximum absolute atomic E-state index is 12.7. The summed E-state index contributed by atoms with van der Waals surface area (Å²) < 4.78 is 14.3. The van der Waals surface area contributed by atoms with E-state index in [9.17, 15) is 19.1 Å². The lowest BCUT2D eigenvalue weighted by Gasteiger charge is -2.36. The molecule has 3 aromatic rings. The minimum Gasteiger partial charge on any atom is -0.477 e. The third kappa shape index (κ3) is 4.63. The summed E-state index contributed by atoms with van der Waals surface area (Å²) in [5.41, 5.74) is 0.942. The lowest BCUT2D eigenvalue weighted by Crippen LogP contribution is -2.50. The number of carboxylic acid groups (broad SMARTS) is 1. The Morgan fingerprint density at radius 2 is 1.91 bits per heavy atom. The van der Waals surface area contributed by atoms with Crippen LogP contribution in [0.2, 0.25) is 0 Å². The van der Waals surface area contributed by atoms with E-state index in [1.807, 2.05) is 16.7 Å². The molecule has 1 fully saturated rings. The maximum atomic E-state index is 12.7. The summed E-state index contributed by atoms with van der Waals surface area (Å²) in [6, 6.07) is 7.03. The largest absolute Gasteiger partial charge is 0.477 e. The molecule has 4 rings (SSSR count). The van der Waals surface area contributed by atoms with E-state index in [2.05, 4.69) is 15.3 Å². The zero-order valence-corrected chi connectivity index (χ0v) is 18.8. The third-order valence-electron chi connectivity index (χ3n) is 5.58. The zero-order valence-electron chi connectivity index (χ0n) is 18.0. The second-order valence-electron chi connectivity index (χ2n) is 7.61. The molecule has 1 aliphatic rings. The Hall–Kier alpha value is -3.60. The highest BCUT2D eigenvalue weighted by Gasteiger charge is 2.22. The van der Waals surface area contributed by atoms with Gasteiger partial charge in [0.05, 0.1) is 5.39 Å². The van der Waals surface area contributed by atoms with Crippen LogP contribution in [0.3, 0.4) is 0 Å². The van der Waals surface area contributed by atoms with E-state index in [-0.39, 0.29) is 10.9 Å². The van der Waals surface area contributed by atoms with Crippen LogP contribution in [0.1, 0.15) is 22.8 Å². The first-order chi connectivity index (χ1) is 15.9. The number of nitrogens with one attached hydrogen (secondary N) is 1. The molecule has 172 valence electrons. The lowest BCUT2D eigenvalue weighted by molar-refractivity contribution is 0.0695. The molecule has 1 aromatic carbocycles. The fourth-order valence-corrected chi connectivity index (χ4v) is 4.00. The fourth-order valence-electron chi connectivity index (χ4n) is 3.70. The number of benzene rings is 1. The number of halogens is 1. The first-order valence-electron chi connectivity index (χ1n) is 10.5. The average molecular weight is 471 g/mol. The Morgan fingerprint density at radius 1 is 1.21 bits per heavy atom. The average Bonchev–Trinajstić information content (AvgIpc) is 2.84. The van der Waals surface area contributed by atoms with Crippen molar-refractivity contribution in [1.82, 2.24) is 19.4 Å². The smallest absolute Gasteiger partial charge is 0.341 e. The van der Waals surface area contributed by atoms with E-state index in [0.717, 1.165) is 5.69 Å². The van der Waals surface area contributed by atoms with Gasteiger partial charge in [0, 0.05) is 50.8 Å². The number of carbonyl (C=O) groups is 1. The third-order valence-corrected chi connectivity index (χ3v) is 5.94. The van der Waals surface area contributed by atoms with Crippen LogP contribution in [0.15, 0.2) is 41.5 Å². The van der Waals surface area contributed by atoms with Crippen LogP contribution in [-0.4, -0.2) is 61.8 Å². The molecule has 0 aliphatic carbocycles. The molecule has 0 unspecified atom stereocenters. The number of nitrogens with zero attached hydrogens (tertiary/aromatic N) is 5. The number of rotatable bonds is 5. The molecule has 9 nitrogen and oxygen atoms in total. The molecule has 0 radical (unpaired) electrons. The van der Waals surface area contributed by atoms with Crippen molar-refractivity contribution >= 4 is 46.0 Å². The Balaban J connectivity index is 1.47. The fraction of sp³-hybridized carbons (Fsp3) is 0.318. The SMILES string of the molecule is CCn1cc(C(=O)O)c(=O)c2cnc(N3CCN(C(=S)Nc4ccc(CF)cc4)CC3)nc21. The number of fused-ring (bicyclic) bond motifs is 1. The zero-order chi connectivity index (χ0) is 23.5. The quantitative estimate of drug-likeness (QED) is 0.544. The molecule has 3 heterocycles. The normalized spacial score (nSPS) is 13.9. The highest BCUT2D eigenvalue weighted by molar-refractivity contribution is 7.80. The van der Waals surface area contributed by atoms with Crippen molar-refractivity contribution in [3.63, 3.8) is 0 Å². The monoisotopic (exact) mass is 470 g/mol. The minimum absolute atomic E-state index is 0.184. The molecule has 11 heteroatoms. The van der Waals surface area contributed by atoms with E-state index < -0.39 is 18.1 Å². The number of aromatic carboxylic acids is 1. The van der Waals surface area contributed by atoms with Crippen molar-refractivity contribution < 1.29 is 14.3 Å². The van der Waals surface area contributed by atoms with Gasteiger partial charge in [-0.15, -0.1) is 0 Å². The van der Waals surface area contributed by atoms with Crippen molar-refractivity contribution in [2.75, 3.05) is 36.4 Å². The van der Waals surface area contributed by atoms with Gasteiger partial charge in [-0.1, -0.05) is 12.1 Å². The van der Waals surface area contributed by atoms with Gasteiger partial charge in [-0.05, 0) is 36.8 Å². The highest BCUT2D eigenvalue weighted by atomic mass is 32.1. The summed E-state index contributed by atoms with van der Waals surface area (Å²) in [6.07, 6.45) is 2.73. The van der Waals surface area contributed by atoms with Crippen molar-refractivity contribution in [3.05, 3.63) is 58.0 Å². The lowest BCUT2D eigenvalue weighted by atomic mass is 10.2. The second-order valence-corrected chi connectivity index (χ2v) is 7.99. The van der Waals surface area contributed by atoms with Gasteiger partial charge in [-0.2, -0.15) is 4.98 Å². The first kappa shape index (κ1) is 22.6. The number of anilines is 2. The number of pyridine rings is 1. The molecule has 0 amide bonds. The molecule has 0 spiro atoms. The van der Waals surface area contributed by atoms with Gasteiger partial charge >= 0.3 is 5.97 Å². The topological polar surface area (TPSA) is 104 Å². The van der Waals surface area contributed by atoms with Crippen molar-refractivity contribution in [1.29, 1.82) is 0 Å². The van der Waals surface area contributed by atoms with Crippen molar-refractivity contribution in [2.45, 2.75) is 20.1 Å². The molecular formula is C22H23FN6O3S. The van der Waals surface area contributed by atoms with Crippen LogP contribution in [0.25, 0.3) is 11.0 Å². The molecule has 33 heavy (non-hydrogen) atoms. The summed E-state index contributed by atoms with van der Waals surface area (Å²) in [4.78, 5) is 36.8. The van der Waals surface area contributed by atoms with Gasteiger partial charge in [0.25, 0.3) is 0 Å². The van der Waals surface area contributed by atoms with E-state index in [4.69, 9.17) is 12.2 Å². The molecule has 2 N–H and O–H groups in total. The minimum atomic E-state index is -1.27. The molecule has 0 saturated carbocycles. The van der Waals surface area contributed by atoms with Gasteiger partial charge in [0.15, 0.2) is 5.11 Å². The Morgan fingerprint density at radius 3 is 2.52 bits per heavy atom. The summed E-state index contributed by atoms with van der Waals surface area (Å²) in [5, 5.41) is 13.2. The summed E-state index contributed by atoms with van der Waals surface area (Å²) >= 11 is 5.52. The summed E-state index contributed by atoms with van der Waals surface area (Å²) in [5.74, 6) is -0.792. The number of thiocarbonyl (C=S) groups is 1. The van der Waals surface area contributed by atoms with Crippen LogP contribution in [0.4, 0.5) is 16.0 Å². The predicted octanol–water partition coefficient (Wildman–Crippen LogP) is 2.50. The summed E-state index contributed by atoms with van der Waals surface area (Å²) in [7, 11) is 0. The Bertz CT molecular complexity index is 1260. The van der Waals surface area contributed by atoms with Crippen LogP contribution < -0.4 is 15.6 Å². The number of carboxylic acids is 1. The van der Waals surface area contributed by atoms with Gasteiger partial charge in [0.2, 0.25) is 11.4 Å². The predicted molar refractivity (Wildman–Crippen MR) is 128 cm³/mol. The van der Waals surface area contributed by atoms with Crippen LogP contribution in [0, 0.1) is 0 Å². The molecule has 1 saturated heterocycles. The summed E-state index contributed by atoms with van der Waals surface area (Å²) in [6.45, 7) is 4.36. The van der Waals surface area contributed by atoms with Crippen LogP contribution >= 0.6 is 12.2 Å². The molecule has 1 aliphatic heterocycles.